The molecule has 1 aliphatic rings. The number of unbranched alkanes of at least 4 members (excludes halogenated alkanes) is 6. The lowest BCUT2D eigenvalue weighted by atomic mass is 9.93. The molecule has 44 heavy (non-hydrogen) atoms. The molecule has 0 amide bonds. The molecule has 0 saturated carbocycles. The van der Waals surface area contributed by atoms with Crippen molar-refractivity contribution in [2.24, 2.45) is 0 Å². The van der Waals surface area contributed by atoms with Crippen molar-refractivity contribution in [3.63, 3.8) is 0 Å². The molecule has 3 aromatic carbocycles. The van der Waals surface area contributed by atoms with Crippen LogP contribution in [0.3, 0.4) is 0 Å². The number of fused-ring (bicyclic) bond motifs is 1. The molecular weight excluding hydrogens is 593 g/mol. The van der Waals surface area contributed by atoms with Crippen molar-refractivity contribution in [1.82, 2.24) is 0 Å². The molecule has 3 aromatic rings. The molecule has 0 spiro atoms. The van der Waals surface area contributed by atoms with E-state index < -0.39 is 11.6 Å². The second kappa shape index (κ2) is 17.2. The first-order valence-electron chi connectivity index (χ1n) is 15.5. The van der Waals surface area contributed by atoms with Gasteiger partial charge in [0.2, 0.25) is 5.78 Å². The number of allylic oxidation sites excluding steroid dienone is 2. The summed E-state index contributed by atoms with van der Waals surface area (Å²) in [6.07, 6.45) is 10.5. The van der Waals surface area contributed by atoms with E-state index in [2.05, 4.69) is 13.8 Å². The van der Waals surface area contributed by atoms with Gasteiger partial charge in [-0.05, 0) is 54.3 Å². The Bertz CT molecular complexity index is 1430. The third kappa shape index (κ3) is 9.32. The Morgan fingerprint density at radius 2 is 1.18 bits per heavy atom. The third-order valence-electron chi connectivity index (χ3n) is 7.37. The van der Waals surface area contributed by atoms with Gasteiger partial charge in [0, 0.05) is 17.6 Å². The first-order chi connectivity index (χ1) is 21.4. The molecule has 0 radical (unpaired) electrons. The number of carbonyl (C=O) groups is 2. The molecule has 234 valence electrons. The van der Waals surface area contributed by atoms with Gasteiger partial charge in [0.05, 0.1) is 34.1 Å². The highest BCUT2D eigenvalue weighted by molar-refractivity contribution is 8.03. The van der Waals surface area contributed by atoms with Crippen LogP contribution >= 0.6 is 23.5 Å². The Morgan fingerprint density at radius 1 is 0.659 bits per heavy atom. The predicted octanol–water partition coefficient (Wildman–Crippen LogP) is 9.50. The fourth-order valence-corrected chi connectivity index (χ4v) is 6.71. The van der Waals surface area contributed by atoms with Gasteiger partial charge in [0.1, 0.15) is 23.0 Å². The molecule has 4 rings (SSSR count). The smallest absolute Gasteiger partial charge is 0.204 e. The lowest BCUT2D eigenvalue weighted by Crippen LogP contribution is -2.16. The number of aromatic hydroxyl groups is 2. The average molecular weight is 635 g/mol. The van der Waals surface area contributed by atoms with E-state index in [0.29, 0.717) is 29.6 Å². The molecule has 0 aromatic heterocycles. The summed E-state index contributed by atoms with van der Waals surface area (Å²) in [5.41, 5.74) is 1.69. The second-order valence-corrected chi connectivity index (χ2v) is 12.9. The second-order valence-electron chi connectivity index (χ2n) is 10.9. The van der Waals surface area contributed by atoms with E-state index in [1.807, 2.05) is 48.5 Å². The number of benzene rings is 3. The minimum absolute atomic E-state index is 0.144. The highest BCUT2D eigenvalue weighted by Gasteiger charge is 2.33. The minimum Gasteiger partial charge on any atom is -0.507 e. The highest BCUT2D eigenvalue weighted by Crippen LogP contribution is 2.44. The van der Waals surface area contributed by atoms with Crippen LogP contribution in [-0.2, 0) is 11.5 Å². The first-order valence-corrected chi connectivity index (χ1v) is 17.5. The minimum atomic E-state index is -0.496. The summed E-state index contributed by atoms with van der Waals surface area (Å²) in [5.74, 6) is 1.05. The molecule has 0 heterocycles. The lowest BCUT2D eigenvalue weighted by Gasteiger charge is -2.19. The highest BCUT2D eigenvalue weighted by atomic mass is 32.2. The molecule has 0 fully saturated rings. The van der Waals surface area contributed by atoms with E-state index in [1.54, 1.807) is 0 Å². The fraction of sp³-hybridized carbons (Fsp3) is 0.389. The van der Waals surface area contributed by atoms with Gasteiger partial charge in [-0.3, -0.25) is 9.59 Å². The van der Waals surface area contributed by atoms with E-state index in [1.165, 1.54) is 61.3 Å². The summed E-state index contributed by atoms with van der Waals surface area (Å²) in [5, 5.41) is 21.8. The van der Waals surface area contributed by atoms with Crippen molar-refractivity contribution in [2.75, 3.05) is 13.2 Å². The normalized spacial score (nSPS) is 12.6. The summed E-state index contributed by atoms with van der Waals surface area (Å²) < 4.78 is 11.6. The molecule has 0 unspecified atom stereocenters. The monoisotopic (exact) mass is 634 g/mol. The molecule has 1 aliphatic carbocycles. The Morgan fingerprint density at radius 3 is 1.70 bits per heavy atom. The molecule has 2 N–H and O–H groups in total. The van der Waals surface area contributed by atoms with E-state index in [4.69, 9.17) is 9.47 Å². The summed E-state index contributed by atoms with van der Waals surface area (Å²) in [6, 6.07) is 16.8. The number of phenols is 2. The maximum Gasteiger partial charge on any atom is 0.204 e. The topological polar surface area (TPSA) is 93.1 Å². The van der Waals surface area contributed by atoms with Crippen molar-refractivity contribution in [2.45, 2.75) is 81.6 Å². The molecule has 6 nitrogen and oxygen atoms in total. The van der Waals surface area contributed by atoms with Gasteiger partial charge in [0.15, 0.2) is 5.78 Å². The number of thioether (sulfide) groups is 2. The number of rotatable bonds is 18. The molecule has 0 atom stereocenters. The predicted molar refractivity (Wildman–Crippen MR) is 180 cm³/mol. The van der Waals surface area contributed by atoms with Crippen LogP contribution in [0.4, 0.5) is 0 Å². The Labute approximate surface area is 269 Å². The zero-order valence-corrected chi connectivity index (χ0v) is 27.2. The van der Waals surface area contributed by atoms with Crippen LogP contribution in [0.2, 0.25) is 0 Å². The van der Waals surface area contributed by atoms with Crippen LogP contribution in [0.15, 0.2) is 70.5 Å². The Balaban J connectivity index is 1.33. The van der Waals surface area contributed by atoms with Crippen LogP contribution in [0, 0.1) is 0 Å². The van der Waals surface area contributed by atoms with Gasteiger partial charge in [-0.25, -0.2) is 0 Å². The van der Waals surface area contributed by atoms with E-state index in [9.17, 15) is 19.8 Å². The van der Waals surface area contributed by atoms with E-state index >= 15 is 0 Å². The summed E-state index contributed by atoms with van der Waals surface area (Å²) >= 11 is 2.53. The molecule has 0 aliphatic heterocycles. The number of hydrogen-bond donors (Lipinski definition) is 2. The van der Waals surface area contributed by atoms with E-state index in [0.717, 1.165) is 48.3 Å². The van der Waals surface area contributed by atoms with Crippen molar-refractivity contribution < 1.29 is 29.3 Å². The molecule has 8 heteroatoms. The summed E-state index contributed by atoms with van der Waals surface area (Å²) in [4.78, 5) is 27.0. The van der Waals surface area contributed by atoms with Crippen LogP contribution in [0.25, 0.3) is 0 Å². The lowest BCUT2D eigenvalue weighted by molar-refractivity contribution is 0.0986. The number of hydrogen-bond acceptors (Lipinski definition) is 8. The van der Waals surface area contributed by atoms with Crippen molar-refractivity contribution >= 4 is 35.1 Å². The summed E-state index contributed by atoms with van der Waals surface area (Å²) in [7, 11) is 0. The van der Waals surface area contributed by atoms with Gasteiger partial charge in [0.25, 0.3) is 0 Å². The number of phenolic OH excluding ortho intramolecular Hbond substituents is 2. The first kappa shape index (κ1) is 33.5. The van der Waals surface area contributed by atoms with Gasteiger partial charge >= 0.3 is 0 Å². The largest absolute Gasteiger partial charge is 0.507 e. The van der Waals surface area contributed by atoms with Gasteiger partial charge < -0.3 is 19.7 Å². The summed E-state index contributed by atoms with van der Waals surface area (Å²) in [6.45, 7) is 5.75. The zero-order chi connectivity index (χ0) is 31.3. The molecular formula is C36H42O6S2. The molecule has 0 bridgehead atoms. The Hall–Kier alpha value is -3.36. The quantitative estimate of drug-likeness (QED) is 0.0812. The number of Topliss-reactive ketones (excluding diaryl/α,β-unsaturated/α-hetero) is 1. The van der Waals surface area contributed by atoms with Crippen molar-refractivity contribution in [3.8, 4) is 23.0 Å². The number of ketones is 2. The fourth-order valence-electron chi connectivity index (χ4n) is 4.83. The SMILES string of the molecule is CCCCCCOc1ccc(CSC2=CC(=O)c3c(O)c(SCc4ccc(OCCCCCC)cc4)cc(O)c3C2=O)cc1. The zero-order valence-electron chi connectivity index (χ0n) is 25.6. The van der Waals surface area contributed by atoms with Crippen LogP contribution in [0.5, 0.6) is 23.0 Å². The number of ether oxygens (including phenoxy) is 2. The molecule has 0 saturated heterocycles. The van der Waals surface area contributed by atoms with Crippen molar-refractivity contribution in [3.05, 3.63) is 87.8 Å². The van der Waals surface area contributed by atoms with Crippen molar-refractivity contribution in [1.29, 1.82) is 0 Å². The maximum atomic E-state index is 13.3. The van der Waals surface area contributed by atoms with Crippen LogP contribution in [-0.4, -0.2) is 35.0 Å². The van der Waals surface area contributed by atoms with Crippen LogP contribution in [0.1, 0.15) is 97.1 Å². The van der Waals surface area contributed by atoms with Gasteiger partial charge in [-0.15, -0.1) is 23.5 Å². The standard InChI is InChI=1S/C36H42O6S2/c1-3-5-7-9-19-41-27-15-11-25(12-16-27)23-43-31-21-29(37)34-33(35(31)39)30(38)22-32(36(34)40)44-24-26-13-17-28(18-14-26)42-20-10-8-6-4-2/h11-18,21-22,37,39H,3-10,19-20,23-24H2,1-2H3. The average Bonchev–Trinajstić information content (AvgIpc) is 3.03. The Kier molecular flexibility index (Phi) is 13.1. The number of carbonyl (C=O) groups excluding carboxylic acids is 2. The third-order valence-corrected chi connectivity index (χ3v) is 9.56. The maximum absolute atomic E-state index is 13.3. The van der Waals surface area contributed by atoms with Gasteiger partial charge in [-0.1, -0.05) is 76.6 Å². The van der Waals surface area contributed by atoms with Crippen LogP contribution < -0.4 is 9.47 Å². The van der Waals surface area contributed by atoms with Gasteiger partial charge in [-0.2, -0.15) is 0 Å². The van der Waals surface area contributed by atoms with E-state index in [-0.39, 0.29) is 27.5 Å².